The van der Waals surface area contributed by atoms with E-state index in [4.69, 9.17) is 0 Å². The molecule has 0 fully saturated rings. The molecule has 0 radical (unpaired) electrons. The molecule has 1 aromatic rings. The van der Waals surface area contributed by atoms with E-state index in [1.807, 2.05) is 36.4 Å². The lowest BCUT2D eigenvalue weighted by molar-refractivity contribution is -0.129. The first-order valence-corrected chi connectivity index (χ1v) is 4.68. The maximum absolute atomic E-state index is 11.8. The van der Waals surface area contributed by atoms with Gasteiger partial charge in [0.25, 0.3) is 0 Å². The number of carbonyl (C=O) groups is 1. The fourth-order valence-electron chi connectivity index (χ4n) is 1.74. The Morgan fingerprint density at radius 3 is 2.71 bits per heavy atom. The third-order valence-electron chi connectivity index (χ3n) is 2.51. The van der Waals surface area contributed by atoms with Crippen molar-refractivity contribution in [2.45, 2.75) is 5.92 Å². The Bertz CT molecular complexity index is 393. The zero-order chi connectivity index (χ0) is 10.1. The van der Waals surface area contributed by atoms with Gasteiger partial charge in [-0.1, -0.05) is 36.4 Å². The van der Waals surface area contributed by atoms with Crippen molar-refractivity contribution in [3.63, 3.8) is 0 Å². The van der Waals surface area contributed by atoms with Gasteiger partial charge in [0, 0.05) is 14.1 Å². The van der Waals surface area contributed by atoms with Crippen LogP contribution in [0.15, 0.2) is 30.3 Å². The summed E-state index contributed by atoms with van der Waals surface area (Å²) in [5, 5.41) is 0. The lowest BCUT2D eigenvalue weighted by atomic mass is 10.00. The SMILES string of the molecule is CN(C)C(=O)[C@@H]1C=Cc2ccccc21. The van der Waals surface area contributed by atoms with Crippen LogP contribution < -0.4 is 0 Å². The van der Waals surface area contributed by atoms with E-state index in [0.29, 0.717) is 0 Å². The molecule has 0 unspecified atom stereocenters. The Hall–Kier alpha value is -1.57. The lowest BCUT2D eigenvalue weighted by Crippen LogP contribution is -2.26. The van der Waals surface area contributed by atoms with E-state index in [1.54, 1.807) is 19.0 Å². The van der Waals surface area contributed by atoms with Crippen LogP contribution in [0.25, 0.3) is 6.08 Å². The van der Waals surface area contributed by atoms with Crippen LogP contribution in [0.2, 0.25) is 0 Å². The van der Waals surface area contributed by atoms with E-state index in [1.165, 1.54) is 0 Å². The van der Waals surface area contributed by atoms with Crippen LogP contribution in [0.1, 0.15) is 17.0 Å². The average molecular weight is 187 g/mol. The summed E-state index contributed by atoms with van der Waals surface area (Å²) in [4.78, 5) is 13.4. The van der Waals surface area contributed by atoms with E-state index < -0.39 is 0 Å². The largest absolute Gasteiger partial charge is 0.348 e. The minimum atomic E-state index is -0.0822. The Morgan fingerprint density at radius 2 is 2.00 bits per heavy atom. The Morgan fingerprint density at radius 1 is 1.29 bits per heavy atom. The molecule has 1 atom stereocenters. The average Bonchev–Trinajstić information content (AvgIpc) is 2.60. The van der Waals surface area contributed by atoms with Crippen LogP contribution in [-0.2, 0) is 4.79 Å². The first-order chi connectivity index (χ1) is 6.70. The fourth-order valence-corrected chi connectivity index (χ4v) is 1.74. The highest BCUT2D eigenvalue weighted by atomic mass is 16.2. The highest BCUT2D eigenvalue weighted by Crippen LogP contribution is 2.30. The van der Waals surface area contributed by atoms with Crippen molar-refractivity contribution in [3.8, 4) is 0 Å². The van der Waals surface area contributed by atoms with Crippen LogP contribution in [0.4, 0.5) is 0 Å². The molecule has 1 amide bonds. The van der Waals surface area contributed by atoms with Crippen molar-refractivity contribution in [1.29, 1.82) is 0 Å². The van der Waals surface area contributed by atoms with E-state index in [9.17, 15) is 4.79 Å². The summed E-state index contributed by atoms with van der Waals surface area (Å²) in [6.07, 6.45) is 3.98. The Labute approximate surface area is 83.8 Å². The number of nitrogens with zero attached hydrogens (tertiary/aromatic N) is 1. The summed E-state index contributed by atoms with van der Waals surface area (Å²) < 4.78 is 0. The molecule has 2 rings (SSSR count). The van der Waals surface area contributed by atoms with Gasteiger partial charge in [0.1, 0.15) is 0 Å². The molecule has 72 valence electrons. The molecule has 0 saturated carbocycles. The zero-order valence-corrected chi connectivity index (χ0v) is 8.40. The second-order valence-electron chi connectivity index (χ2n) is 3.70. The number of carbonyl (C=O) groups excluding carboxylic acids is 1. The van der Waals surface area contributed by atoms with Crippen molar-refractivity contribution in [3.05, 3.63) is 41.5 Å². The molecule has 2 heteroatoms. The van der Waals surface area contributed by atoms with Gasteiger partial charge >= 0.3 is 0 Å². The standard InChI is InChI=1S/C12H13NO/c1-13(2)12(14)11-8-7-9-5-3-4-6-10(9)11/h3-8,11H,1-2H3/t11-/m1/s1. The second-order valence-corrected chi connectivity index (χ2v) is 3.70. The maximum atomic E-state index is 11.8. The molecule has 1 aliphatic carbocycles. The minimum absolute atomic E-state index is 0.0822. The van der Waals surface area contributed by atoms with Crippen molar-refractivity contribution in [2.75, 3.05) is 14.1 Å². The summed E-state index contributed by atoms with van der Waals surface area (Å²) in [6.45, 7) is 0. The zero-order valence-electron chi connectivity index (χ0n) is 8.40. The van der Waals surface area contributed by atoms with Crippen LogP contribution in [0.3, 0.4) is 0 Å². The maximum Gasteiger partial charge on any atom is 0.233 e. The molecular weight excluding hydrogens is 174 g/mol. The van der Waals surface area contributed by atoms with E-state index >= 15 is 0 Å². The van der Waals surface area contributed by atoms with Gasteiger partial charge in [-0.3, -0.25) is 4.79 Å². The predicted octanol–water partition coefficient (Wildman–Crippen LogP) is 1.89. The highest BCUT2D eigenvalue weighted by molar-refractivity contribution is 5.90. The quantitative estimate of drug-likeness (QED) is 0.657. The van der Waals surface area contributed by atoms with Crippen molar-refractivity contribution < 1.29 is 4.79 Å². The van der Waals surface area contributed by atoms with Gasteiger partial charge in [0.15, 0.2) is 0 Å². The highest BCUT2D eigenvalue weighted by Gasteiger charge is 2.24. The van der Waals surface area contributed by atoms with Gasteiger partial charge in [-0.25, -0.2) is 0 Å². The predicted molar refractivity (Wildman–Crippen MR) is 56.9 cm³/mol. The van der Waals surface area contributed by atoms with E-state index in [-0.39, 0.29) is 11.8 Å². The summed E-state index contributed by atoms with van der Waals surface area (Å²) in [6, 6.07) is 8.02. The number of hydrogen-bond acceptors (Lipinski definition) is 1. The summed E-state index contributed by atoms with van der Waals surface area (Å²) >= 11 is 0. The van der Waals surface area contributed by atoms with Gasteiger partial charge in [0.2, 0.25) is 5.91 Å². The van der Waals surface area contributed by atoms with Crippen molar-refractivity contribution in [2.24, 2.45) is 0 Å². The molecule has 0 N–H and O–H groups in total. The number of amides is 1. The number of likely N-dealkylation sites (N-methyl/N-ethyl adjacent to an activating group) is 1. The molecular formula is C12H13NO. The molecule has 0 aliphatic heterocycles. The third-order valence-corrected chi connectivity index (χ3v) is 2.51. The summed E-state index contributed by atoms with van der Waals surface area (Å²) in [5.74, 6) is 0.0624. The molecule has 1 aliphatic rings. The van der Waals surface area contributed by atoms with Gasteiger partial charge < -0.3 is 4.90 Å². The first kappa shape index (κ1) is 9.00. The van der Waals surface area contributed by atoms with Crippen molar-refractivity contribution in [1.82, 2.24) is 4.90 Å². The second kappa shape index (κ2) is 3.29. The number of rotatable bonds is 1. The van der Waals surface area contributed by atoms with Gasteiger partial charge in [-0.05, 0) is 11.1 Å². The van der Waals surface area contributed by atoms with Gasteiger partial charge in [0.05, 0.1) is 5.92 Å². The molecule has 0 aromatic heterocycles. The monoisotopic (exact) mass is 187 g/mol. The van der Waals surface area contributed by atoms with Crippen LogP contribution in [0.5, 0.6) is 0 Å². The Balaban J connectivity index is 2.35. The topological polar surface area (TPSA) is 20.3 Å². The summed E-state index contributed by atoms with van der Waals surface area (Å²) in [7, 11) is 3.58. The van der Waals surface area contributed by atoms with E-state index in [0.717, 1.165) is 11.1 Å². The van der Waals surface area contributed by atoms with Crippen LogP contribution in [0, 0.1) is 0 Å². The normalized spacial score (nSPS) is 18.0. The molecule has 0 spiro atoms. The molecule has 1 aromatic carbocycles. The number of benzene rings is 1. The number of hydrogen-bond donors (Lipinski definition) is 0. The third kappa shape index (κ3) is 1.33. The number of fused-ring (bicyclic) bond motifs is 1. The smallest absolute Gasteiger partial charge is 0.233 e. The van der Waals surface area contributed by atoms with Gasteiger partial charge in [-0.2, -0.15) is 0 Å². The van der Waals surface area contributed by atoms with Crippen LogP contribution >= 0.6 is 0 Å². The van der Waals surface area contributed by atoms with Gasteiger partial charge in [-0.15, -0.1) is 0 Å². The summed E-state index contributed by atoms with van der Waals surface area (Å²) in [5.41, 5.74) is 2.28. The lowest BCUT2D eigenvalue weighted by Gasteiger charge is -2.16. The molecule has 0 bridgehead atoms. The molecule has 0 saturated heterocycles. The van der Waals surface area contributed by atoms with E-state index in [2.05, 4.69) is 0 Å². The Kier molecular flexibility index (Phi) is 2.12. The molecule has 14 heavy (non-hydrogen) atoms. The molecule has 0 heterocycles. The van der Waals surface area contributed by atoms with Crippen molar-refractivity contribution >= 4 is 12.0 Å². The van der Waals surface area contributed by atoms with Crippen LogP contribution in [-0.4, -0.2) is 24.9 Å². The first-order valence-electron chi connectivity index (χ1n) is 4.68. The minimum Gasteiger partial charge on any atom is -0.348 e. The molecule has 2 nitrogen and oxygen atoms in total. The fraction of sp³-hybridized carbons (Fsp3) is 0.250.